The Morgan fingerprint density at radius 3 is 2.40 bits per heavy atom. The van der Waals surface area contributed by atoms with Gasteiger partial charge >= 0.3 is 6.09 Å². The summed E-state index contributed by atoms with van der Waals surface area (Å²) in [5.41, 5.74) is 0.681. The zero-order valence-electron chi connectivity index (χ0n) is 25.0. The first-order valence-corrected chi connectivity index (χ1v) is 15.8. The maximum absolute atomic E-state index is 13.0. The van der Waals surface area contributed by atoms with Crippen molar-refractivity contribution in [1.82, 2.24) is 4.90 Å². The first kappa shape index (κ1) is 31.2. The third-order valence-electron chi connectivity index (χ3n) is 8.15. The molecule has 0 radical (unpaired) electrons. The number of para-hydroxylation sites is 1. The molecule has 3 aliphatic rings. The Bertz CT molecular complexity index is 877. The highest BCUT2D eigenvalue weighted by molar-refractivity contribution is 5.84. The number of anilines is 1. The van der Waals surface area contributed by atoms with Crippen LogP contribution in [0.2, 0.25) is 0 Å². The first-order valence-electron chi connectivity index (χ1n) is 15.8. The van der Waals surface area contributed by atoms with Gasteiger partial charge in [-0.05, 0) is 77.7 Å². The standard InChI is InChI=1S/C32H52N2O6/c1-4-5-6-7-8-9-10-16-24-36-25-32-29(39-31(2,3)40-32)28(37-30(35)33-26-18-12-11-13-19-26)27(38-32)20-17-23-34-21-14-15-22-34/h11-13,18-19,27-29H,4-10,14-17,20-25H2,1-3H3,(H,33,35)/t27-,28+,29-,32-/m0/s1. The van der Waals surface area contributed by atoms with Gasteiger partial charge in [-0.2, -0.15) is 0 Å². The fraction of sp³-hybridized carbons (Fsp3) is 0.781. The molecule has 3 saturated heterocycles. The minimum Gasteiger partial charge on any atom is -0.440 e. The highest BCUT2D eigenvalue weighted by Gasteiger charge is 2.66. The van der Waals surface area contributed by atoms with Crippen LogP contribution in [0.25, 0.3) is 0 Å². The van der Waals surface area contributed by atoms with E-state index in [0.29, 0.717) is 12.3 Å². The molecule has 0 aromatic heterocycles. The largest absolute Gasteiger partial charge is 0.440 e. The van der Waals surface area contributed by atoms with Gasteiger partial charge in [-0.1, -0.05) is 70.1 Å². The van der Waals surface area contributed by atoms with Gasteiger partial charge in [0, 0.05) is 12.3 Å². The third-order valence-corrected chi connectivity index (χ3v) is 8.15. The molecule has 226 valence electrons. The number of nitrogens with zero attached hydrogens (tertiary/aromatic N) is 1. The summed E-state index contributed by atoms with van der Waals surface area (Å²) in [4.78, 5) is 15.5. The summed E-state index contributed by atoms with van der Waals surface area (Å²) in [6.45, 7) is 10.2. The average Bonchev–Trinajstić information content (AvgIpc) is 3.60. The molecule has 4 atom stereocenters. The van der Waals surface area contributed by atoms with Crippen LogP contribution in [0.1, 0.15) is 97.8 Å². The van der Waals surface area contributed by atoms with E-state index in [4.69, 9.17) is 23.7 Å². The Balaban J connectivity index is 1.34. The Labute approximate surface area is 241 Å². The monoisotopic (exact) mass is 560 g/mol. The predicted octanol–water partition coefficient (Wildman–Crippen LogP) is 6.88. The second kappa shape index (κ2) is 15.5. The Hall–Kier alpha value is -1.71. The van der Waals surface area contributed by atoms with Crippen LogP contribution < -0.4 is 5.32 Å². The van der Waals surface area contributed by atoms with Crippen LogP contribution in [-0.2, 0) is 23.7 Å². The number of hydrogen-bond donors (Lipinski definition) is 1. The molecule has 3 heterocycles. The van der Waals surface area contributed by atoms with Crippen molar-refractivity contribution in [2.75, 3.05) is 38.2 Å². The van der Waals surface area contributed by atoms with E-state index >= 15 is 0 Å². The van der Waals surface area contributed by atoms with Crippen LogP contribution >= 0.6 is 0 Å². The Morgan fingerprint density at radius 1 is 0.975 bits per heavy atom. The summed E-state index contributed by atoms with van der Waals surface area (Å²) in [7, 11) is 0. The molecule has 1 aromatic carbocycles. The zero-order valence-corrected chi connectivity index (χ0v) is 25.0. The van der Waals surface area contributed by atoms with Crippen molar-refractivity contribution in [2.24, 2.45) is 0 Å². The highest BCUT2D eigenvalue weighted by atomic mass is 16.9. The summed E-state index contributed by atoms with van der Waals surface area (Å²) in [5.74, 6) is -1.97. The Kier molecular flexibility index (Phi) is 12.1. The highest BCUT2D eigenvalue weighted by Crippen LogP contribution is 2.47. The van der Waals surface area contributed by atoms with Crippen LogP contribution in [0.15, 0.2) is 30.3 Å². The van der Waals surface area contributed by atoms with Gasteiger partial charge in [0.25, 0.3) is 0 Å². The number of fused-ring (bicyclic) bond motifs is 1. The number of unbranched alkanes of at least 4 members (excludes halogenated alkanes) is 7. The maximum atomic E-state index is 13.0. The number of benzene rings is 1. The van der Waals surface area contributed by atoms with E-state index in [1.165, 1.54) is 51.4 Å². The normalized spacial score (nSPS) is 27.6. The van der Waals surface area contributed by atoms with Crippen molar-refractivity contribution < 1.29 is 28.5 Å². The maximum Gasteiger partial charge on any atom is 0.412 e. The first-order chi connectivity index (χ1) is 19.4. The van der Waals surface area contributed by atoms with Gasteiger partial charge in [0.05, 0.1) is 0 Å². The molecule has 1 N–H and O–H groups in total. The van der Waals surface area contributed by atoms with Crippen molar-refractivity contribution in [1.29, 1.82) is 0 Å². The molecule has 0 aliphatic carbocycles. The number of nitrogens with one attached hydrogen (secondary N) is 1. The van der Waals surface area contributed by atoms with Crippen molar-refractivity contribution in [2.45, 2.75) is 128 Å². The summed E-state index contributed by atoms with van der Waals surface area (Å²) in [6.07, 6.45) is 12.2. The molecule has 0 unspecified atom stereocenters. The fourth-order valence-electron chi connectivity index (χ4n) is 6.19. The van der Waals surface area contributed by atoms with Crippen molar-refractivity contribution in [3.8, 4) is 0 Å². The molecule has 1 aromatic rings. The third kappa shape index (κ3) is 9.15. The van der Waals surface area contributed by atoms with Gasteiger partial charge in [0.2, 0.25) is 5.79 Å². The Morgan fingerprint density at radius 2 is 1.68 bits per heavy atom. The van der Waals surface area contributed by atoms with Crippen LogP contribution in [0.3, 0.4) is 0 Å². The summed E-state index contributed by atoms with van der Waals surface area (Å²) in [6, 6.07) is 9.33. The lowest BCUT2D eigenvalue weighted by Gasteiger charge is -2.29. The number of amides is 1. The van der Waals surface area contributed by atoms with Gasteiger partial charge in [-0.25, -0.2) is 4.79 Å². The average molecular weight is 561 g/mol. The van der Waals surface area contributed by atoms with E-state index < -0.39 is 29.9 Å². The van der Waals surface area contributed by atoms with Crippen molar-refractivity contribution in [3.63, 3.8) is 0 Å². The molecule has 0 saturated carbocycles. The second-order valence-corrected chi connectivity index (χ2v) is 12.1. The topological polar surface area (TPSA) is 78.5 Å². The molecule has 1 amide bonds. The summed E-state index contributed by atoms with van der Waals surface area (Å²) < 4.78 is 31.5. The zero-order chi connectivity index (χ0) is 28.3. The molecule has 0 bridgehead atoms. The molecule has 0 spiro atoms. The number of carbonyl (C=O) groups is 1. The lowest BCUT2D eigenvalue weighted by atomic mass is 10.0. The predicted molar refractivity (Wildman–Crippen MR) is 156 cm³/mol. The van der Waals surface area contributed by atoms with Gasteiger partial charge in [-0.3, -0.25) is 5.32 Å². The van der Waals surface area contributed by atoms with Crippen LogP contribution in [0.5, 0.6) is 0 Å². The van der Waals surface area contributed by atoms with E-state index in [0.717, 1.165) is 45.3 Å². The molecular formula is C32H52N2O6. The molecule has 40 heavy (non-hydrogen) atoms. The molecule has 8 heteroatoms. The van der Waals surface area contributed by atoms with Gasteiger partial charge in [0.15, 0.2) is 18.0 Å². The fourth-order valence-corrected chi connectivity index (χ4v) is 6.19. The molecule has 3 fully saturated rings. The smallest absolute Gasteiger partial charge is 0.412 e. The van der Waals surface area contributed by atoms with Crippen molar-refractivity contribution >= 4 is 11.8 Å². The van der Waals surface area contributed by atoms with Gasteiger partial charge in [-0.15, -0.1) is 0 Å². The number of ether oxygens (including phenoxy) is 5. The van der Waals surface area contributed by atoms with E-state index in [1.54, 1.807) is 0 Å². The van der Waals surface area contributed by atoms with E-state index in [2.05, 4.69) is 17.1 Å². The lowest BCUT2D eigenvalue weighted by molar-refractivity contribution is -0.278. The molecule has 8 nitrogen and oxygen atoms in total. The summed E-state index contributed by atoms with van der Waals surface area (Å²) >= 11 is 0. The summed E-state index contributed by atoms with van der Waals surface area (Å²) in [5, 5.41) is 2.84. The second-order valence-electron chi connectivity index (χ2n) is 12.1. The number of rotatable bonds is 17. The lowest BCUT2D eigenvalue weighted by Crippen LogP contribution is -2.46. The number of likely N-dealkylation sites (tertiary alicyclic amines) is 1. The van der Waals surface area contributed by atoms with E-state index in [9.17, 15) is 4.79 Å². The molecular weight excluding hydrogens is 508 g/mol. The molecule has 3 aliphatic heterocycles. The molecule has 4 rings (SSSR count). The van der Waals surface area contributed by atoms with E-state index in [-0.39, 0.29) is 12.7 Å². The quantitative estimate of drug-likeness (QED) is 0.208. The SMILES string of the molecule is CCCCCCCCCCOC[C@@]12O[C@@H](CCCN3CCCC3)[C@@H](OC(=O)Nc3ccccc3)[C@@H]1OC(C)(C)O2. The number of hydrogen-bond acceptors (Lipinski definition) is 7. The van der Waals surface area contributed by atoms with E-state index in [1.807, 2.05) is 44.2 Å². The van der Waals surface area contributed by atoms with Crippen molar-refractivity contribution in [3.05, 3.63) is 30.3 Å². The minimum atomic E-state index is -1.10. The van der Waals surface area contributed by atoms with Crippen LogP contribution in [-0.4, -0.2) is 73.7 Å². The van der Waals surface area contributed by atoms with Crippen LogP contribution in [0.4, 0.5) is 10.5 Å². The minimum absolute atomic E-state index is 0.250. The number of carbonyl (C=O) groups excluding carboxylic acids is 1. The van der Waals surface area contributed by atoms with Crippen LogP contribution in [0, 0.1) is 0 Å². The van der Waals surface area contributed by atoms with Gasteiger partial charge in [0.1, 0.15) is 12.7 Å². The van der Waals surface area contributed by atoms with Gasteiger partial charge < -0.3 is 28.6 Å².